The molecule has 0 N–H and O–H groups in total. The lowest BCUT2D eigenvalue weighted by Crippen LogP contribution is -2.17. The van der Waals surface area contributed by atoms with Crippen molar-refractivity contribution in [2.45, 2.75) is 19.3 Å². The molecular weight excluding hydrogens is 574 g/mol. The Morgan fingerprint density at radius 1 is 0.553 bits per heavy atom. The van der Waals surface area contributed by atoms with Gasteiger partial charge in [0.05, 0.1) is 22.4 Å². The minimum Gasteiger partial charge on any atom is -0.456 e. The molecule has 0 radical (unpaired) electrons. The second kappa shape index (κ2) is 9.51. The average molecular weight is 604 g/mol. The lowest BCUT2D eigenvalue weighted by atomic mass is 9.81. The van der Waals surface area contributed by atoms with Crippen molar-refractivity contribution >= 4 is 43.7 Å². The first-order valence-electron chi connectivity index (χ1n) is 16.1. The highest BCUT2D eigenvalue weighted by molar-refractivity contribution is 6.27. The number of fused-ring (bicyclic) bond motifs is 10. The van der Waals surface area contributed by atoms with Gasteiger partial charge in [0.25, 0.3) is 0 Å². The summed E-state index contributed by atoms with van der Waals surface area (Å²) >= 11 is 0. The van der Waals surface area contributed by atoms with Crippen molar-refractivity contribution in [3.05, 3.63) is 151 Å². The number of hydrogen-bond acceptors (Lipinski definition) is 3. The molecule has 6 aromatic carbocycles. The Labute approximate surface area is 271 Å². The van der Waals surface area contributed by atoms with Crippen LogP contribution < -0.4 is 0 Å². The first kappa shape index (κ1) is 26.2. The second-order valence-electron chi connectivity index (χ2n) is 13.0. The van der Waals surface area contributed by atoms with Crippen LogP contribution in [0.5, 0.6) is 0 Å². The Bertz CT molecular complexity index is 2710. The summed E-state index contributed by atoms with van der Waals surface area (Å²) in [6, 6.07) is 49.1. The van der Waals surface area contributed by atoms with Gasteiger partial charge >= 0.3 is 0 Å². The summed E-state index contributed by atoms with van der Waals surface area (Å²) < 4.78 is 8.66. The van der Waals surface area contributed by atoms with E-state index in [4.69, 9.17) is 14.4 Å². The summed E-state index contributed by atoms with van der Waals surface area (Å²) in [6.07, 6.45) is 0. The van der Waals surface area contributed by atoms with Gasteiger partial charge < -0.3 is 8.98 Å². The Morgan fingerprint density at radius 2 is 1.28 bits per heavy atom. The molecule has 0 atom stereocenters. The third-order valence-electron chi connectivity index (χ3n) is 9.98. The molecular formula is C43H29N3O. The van der Waals surface area contributed by atoms with Crippen molar-refractivity contribution in [3.8, 4) is 39.6 Å². The zero-order valence-electron chi connectivity index (χ0n) is 26.0. The van der Waals surface area contributed by atoms with Crippen molar-refractivity contribution in [1.29, 1.82) is 0 Å². The molecule has 0 saturated heterocycles. The SMILES string of the molecule is CC1(C)c2ccccc2-c2nc(-c3cccc(-n4c5ccccc5c5c6c(ccc54)oc4ccccc46)c3)nc(-c3ccccc3)c21. The van der Waals surface area contributed by atoms with Crippen LogP contribution in [0.2, 0.25) is 0 Å². The van der Waals surface area contributed by atoms with Gasteiger partial charge in [0, 0.05) is 54.9 Å². The zero-order valence-corrected chi connectivity index (χ0v) is 26.0. The van der Waals surface area contributed by atoms with E-state index in [1.54, 1.807) is 0 Å². The lowest BCUT2D eigenvalue weighted by molar-refractivity contribution is 0.658. The van der Waals surface area contributed by atoms with Crippen LogP contribution in [-0.2, 0) is 5.41 Å². The van der Waals surface area contributed by atoms with Crippen molar-refractivity contribution in [2.75, 3.05) is 0 Å². The third-order valence-corrected chi connectivity index (χ3v) is 9.98. The predicted molar refractivity (Wildman–Crippen MR) is 192 cm³/mol. The average Bonchev–Trinajstić information content (AvgIpc) is 3.74. The smallest absolute Gasteiger partial charge is 0.160 e. The van der Waals surface area contributed by atoms with E-state index >= 15 is 0 Å². The van der Waals surface area contributed by atoms with Gasteiger partial charge in [0.15, 0.2) is 5.82 Å². The predicted octanol–water partition coefficient (Wildman–Crippen LogP) is 11.1. The summed E-state index contributed by atoms with van der Waals surface area (Å²) in [4.78, 5) is 10.7. The Balaban J connectivity index is 1.23. The highest BCUT2D eigenvalue weighted by Crippen LogP contribution is 2.51. The van der Waals surface area contributed by atoms with Gasteiger partial charge in [-0.1, -0.05) is 117 Å². The number of hydrogen-bond donors (Lipinski definition) is 0. The van der Waals surface area contributed by atoms with Crippen LogP contribution in [0.15, 0.2) is 144 Å². The first-order valence-corrected chi connectivity index (χ1v) is 16.1. The van der Waals surface area contributed by atoms with Gasteiger partial charge in [-0.2, -0.15) is 0 Å². The minimum absolute atomic E-state index is 0.219. The summed E-state index contributed by atoms with van der Waals surface area (Å²) in [6.45, 7) is 4.58. The van der Waals surface area contributed by atoms with Crippen LogP contribution in [-0.4, -0.2) is 14.5 Å². The van der Waals surface area contributed by atoms with Crippen molar-refractivity contribution in [2.24, 2.45) is 0 Å². The highest BCUT2D eigenvalue weighted by Gasteiger charge is 2.40. The van der Waals surface area contributed by atoms with Crippen molar-refractivity contribution in [1.82, 2.24) is 14.5 Å². The molecule has 0 amide bonds. The molecule has 0 spiro atoms. The molecule has 1 aliphatic rings. The number of rotatable bonds is 3. The molecule has 4 heteroatoms. The van der Waals surface area contributed by atoms with Crippen LogP contribution in [0.3, 0.4) is 0 Å². The second-order valence-corrected chi connectivity index (χ2v) is 13.0. The van der Waals surface area contributed by atoms with Gasteiger partial charge in [-0.3, -0.25) is 0 Å². The van der Waals surface area contributed by atoms with Gasteiger partial charge in [0.1, 0.15) is 11.2 Å². The van der Waals surface area contributed by atoms with E-state index in [0.29, 0.717) is 0 Å². The fourth-order valence-corrected chi connectivity index (χ4v) is 7.89. The molecule has 3 heterocycles. The molecule has 0 bridgehead atoms. The normalized spacial score (nSPS) is 13.5. The number of aromatic nitrogens is 3. The maximum absolute atomic E-state index is 6.30. The Kier molecular flexibility index (Phi) is 5.31. The van der Waals surface area contributed by atoms with Crippen LogP contribution in [0.25, 0.3) is 83.3 Å². The van der Waals surface area contributed by atoms with E-state index in [2.05, 4.69) is 146 Å². The quantitative estimate of drug-likeness (QED) is 0.202. The third kappa shape index (κ3) is 3.64. The van der Waals surface area contributed by atoms with E-state index in [-0.39, 0.29) is 5.41 Å². The molecule has 0 fully saturated rings. The fraction of sp³-hybridized carbons (Fsp3) is 0.0698. The molecule has 222 valence electrons. The topological polar surface area (TPSA) is 43.9 Å². The van der Waals surface area contributed by atoms with E-state index < -0.39 is 0 Å². The van der Waals surface area contributed by atoms with Crippen molar-refractivity contribution in [3.63, 3.8) is 0 Å². The minimum atomic E-state index is -0.219. The number of nitrogens with zero attached hydrogens (tertiary/aromatic N) is 3. The number of furan rings is 1. The molecule has 1 aliphatic carbocycles. The van der Waals surface area contributed by atoms with Gasteiger partial charge in [-0.15, -0.1) is 0 Å². The van der Waals surface area contributed by atoms with Gasteiger partial charge in [-0.05, 0) is 42.0 Å². The van der Waals surface area contributed by atoms with Crippen molar-refractivity contribution < 1.29 is 4.42 Å². The summed E-state index contributed by atoms with van der Waals surface area (Å²) in [5.74, 6) is 0.723. The fourth-order valence-electron chi connectivity index (χ4n) is 7.89. The highest BCUT2D eigenvalue weighted by atomic mass is 16.3. The molecule has 47 heavy (non-hydrogen) atoms. The molecule has 0 saturated carbocycles. The number of para-hydroxylation sites is 2. The van der Waals surface area contributed by atoms with Crippen LogP contribution in [0, 0.1) is 0 Å². The molecule has 0 unspecified atom stereocenters. The lowest BCUT2D eigenvalue weighted by Gasteiger charge is -2.23. The van der Waals surface area contributed by atoms with Gasteiger partial charge in [0.2, 0.25) is 0 Å². The number of benzene rings is 6. The van der Waals surface area contributed by atoms with E-state index in [1.807, 2.05) is 12.1 Å². The van der Waals surface area contributed by atoms with Gasteiger partial charge in [-0.25, -0.2) is 9.97 Å². The summed E-state index contributed by atoms with van der Waals surface area (Å²) in [5, 5.41) is 4.68. The monoisotopic (exact) mass is 603 g/mol. The standard InChI is InChI=1S/C43H29N3O/c1-43(2)32-20-9-6-17-29(32)41-39(43)40(26-13-4-3-5-14-26)44-42(45-41)27-15-12-16-28(25-27)46-33-21-10-7-18-30(33)37-34(46)23-24-36-38(37)31-19-8-11-22-35(31)47-36/h3-25H,1-2H3. The first-order chi connectivity index (χ1) is 23.1. The summed E-state index contributed by atoms with van der Waals surface area (Å²) in [7, 11) is 0. The summed E-state index contributed by atoms with van der Waals surface area (Å²) in [5.41, 5.74) is 12.7. The maximum atomic E-state index is 6.30. The molecule has 10 rings (SSSR count). The Morgan fingerprint density at radius 3 is 2.17 bits per heavy atom. The zero-order chi connectivity index (χ0) is 31.3. The van der Waals surface area contributed by atoms with Crippen LogP contribution in [0.4, 0.5) is 0 Å². The maximum Gasteiger partial charge on any atom is 0.160 e. The Hall–Kier alpha value is -6.00. The molecule has 0 aliphatic heterocycles. The van der Waals surface area contributed by atoms with E-state index in [9.17, 15) is 0 Å². The molecule has 4 nitrogen and oxygen atoms in total. The molecule has 3 aromatic heterocycles. The van der Waals surface area contributed by atoms with Crippen LogP contribution in [0.1, 0.15) is 25.0 Å². The van der Waals surface area contributed by atoms with E-state index in [1.165, 1.54) is 27.5 Å². The van der Waals surface area contributed by atoms with Crippen LogP contribution >= 0.6 is 0 Å². The molecule has 9 aromatic rings. The van der Waals surface area contributed by atoms with E-state index in [0.717, 1.165) is 67.0 Å². The largest absolute Gasteiger partial charge is 0.456 e.